The number of aliphatic imine (C=N–C) groups is 1. The van der Waals surface area contributed by atoms with Crippen LogP contribution < -0.4 is 9.47 Å². The van der Waals surface area contributed by atoms with E-state index in [9.17, 15) is 0 Å². The number of ether oxygens (including phenoxy) is 2. The van der Waals surface area contributed by atoms with E-state index < -0.39 is 0 Å². The third kappa shape index (κ3) is 4.94. The third-order valence-electron chi connectivity index (χ3n) is 3.01. The van der Waals surface area contributed by atoms with Gasteiger partial charge in [-0.2, -0.15) is 0 Å². The number of hydrogen-bond acceptors (Lipinski definition) is 3. The van der Waals surface area contributed by atoms with Gasteiger partial charge in [-0.15, -0.1) is 24.0 Å². The lowest BCUT2D eigenvalue weighted by atomic mass is 10.2. The van der Waals surface area contributed by atoms with Gasteiger partial charge in [-0.3, -0.25) is 0 Å². The van der Waals surface area contributed by atoms with Gasteiger partial charge in [-0.1, -0.05) is 6.07 Å². The molecule has 6 heteroatoms. The lowest BCUT2D eigenvalue weighted by Gasteiger charge is -2.22. The topological polar surface area (TPSA) is 37.3 Å². The predicted molar refractivity (Wildman–Crippen MR) is 96.0 cm³/mol. The van der Waals surface area contributed by atoms with Crippen molar-refractivity contribution in [3.63, 3.8) is 0 Å². The normalized spacial score (nSPS) is 12.8. The second-order valence-electron chi connectivity index (χ2n) is 5.24. The molecule has 0 unspecified atom stereocenters. The highest BCUT2D eigenvalue weighted by atomic mass is 127. The van der Waals surface area contributed by atoms with Crippen LogP contribution in [0.4, 0.5) is 0 Å². The van der Waals surface area contributed by atoms with Crippen LogP contribution in [0, 0.1) is 0 Å². The molecule has 1 aromatic carbocycles. The first-order valence-electron chi connectivity index (χ1n) is 6.85. The van der Waals surface area contributed by atoms with Crippen LogP contribution >= 0.6 is 24.0 Å². The van der Waals surface area contributed by atoms with E-state index in [1.807, 2.05) is 56.2 Å². The van der Waals surface area contributed by atoms with Gasteiger partial charge in [0, 0.05) is 34.6 Å². The van der Waals surface area contributed by atoms with Crippen LogP contribution in [-0.2, 0) is 6.54 Å². The van der Waals surface area contributed by atoms with Crippen molar-refractivity contribution in [2.45, 2.75) is 13.0 Å². The summed E-state index contributed by atoms with van der Waals surface area (Å²) in [6.07, 6.45) is 0.924. The highest BCUT2D eigenvalue weighted by Crippen LogP contribution is 2.30. The van der Waals surface area contributed by atoms with E-state index in [0.29, 0.717) is 13.2 Å². The Kier molecular flexibility index (Phi) is 7.07. The molecule has 1 aromatic rings. The molecule has 0 fully saturated rings. The molecule has 0 amide bonds. The molecule has 0 radical (unpaired) electrons. The molecule has 0 saturated carbocycles. The van der Waals surface area contributed by atoms with Crippen LogP contribution in [0.15, 0.2) is 23.2 Å². The van der Waals surface area contributed by atoms with Crippen molar-refractivity contribution >= 4 is 29.9 Å². The monoisotopic (exact) mass is 405 g/mol. The van der Waals surface area contributed by atoms with Gasteiger partial charge in [0.2, 0.25) is 0 Å². The van der Waals surface area contributed by atoms with E-state index in [1.54, 1.807) is 0 Å². The summed E-state index contributed by atoms with van der Waals surface area (Å²) in [6.45, 7) is 2.05. The molecule has 0 saturated heterocycles. The average molecular weight is 405 g/mol. The van der Waals surface area contributed by atoms with Gasteiger partial charge in [-0.25, -0.2) is 4.99 Å². The minimum absolute atomic E-state index is 0. The van der Waals surface area contributed by atoms with Crippen molar-refractivity contribution in [2.24, 2.45) is 4.99 Å². The number of hydrogen-bond donors (Lipinski definition) is 0. The quantitative estimate of drug-likeness (QED) is 0.431. The van der Waals surface area contributed by atoms with Crippen molar-refractivity contribution < 1.29 is 9.47 Å². The van der Waals surface area contributed by atoms with Gasteiger partial charge in [0.15, 0.2) is 17.5 Å². The van der Waals surface area contributed by atoms with E-state index in [2.05, 4.69) is 4.99 Å². The van der Waals surface area contributed by atoms with E-state index >= 15 is 0 Å². The van der Waals surface area contributed by atoms with Crippen molar-refractivity contribution in [3.05, 3.63) is 23.8 Å². The zero-order valence-corrected chi connectivity index (χ0v) is 15.5. The zero-order chi connectivity index (χ0) is 14.5. The molecule has 1 aliphatic rings. The zero-order valence-electron chi connectivity index (χ0n) is 13.1. The van der Waals surface area contributed by atoms with E-state index in [-0.39, 0.29) is 24.0 Å². The van der Waals surface area contributed by atoms with Gasteiger partial charge < -0.3 is 19.3 Å². The second kappa shape index (κ2) is 8.31. The van der Waals surface area contributed by atoms with Crippen LogP contribution in [0.5, 0.6) is 11.5 Å². The first-order valence-corrected chi connectivity index (χ1v) is 6.85. The largest absolute Gasteiger partial charge is 0.490 e. The highest BCUT2D eigenvalue weighted by Gasteiger charge is 2.11. The molecule has 1 heterocycles. The Morgan fingerprint density at radius 3 is 2.29 bits per heavy atom. The fourth-order valence-electron chi connectivity index (χ4n) is 2.15. The summed E-state index contributed by atoms with van der Waals surface area (Å²) in [5.74, 6) is 2.60. The summed E-state index contributed by atoms with van der Waals surface area (Å²) >= 11 is 0. The lowest BCUT2D eigenvalue weighted by molar-refractivity contribution is 0.297. The third-order valence-corrected chi connectivity index (χ3v) is 3.01. The van der Waals surface area contributed by atoms with Gasteiger partial charge in [0.05, 0.1) is 19.8 Å². The minimum Gasteiger partial charge on any atom is -0.490 e. The Hall–Kier alpha value is -1.18. The first kappa shape index (κ1) is 17.9. The molecule has 0 aromatic heterocycles. The lowest BCUT2D eigenvalue weighted by Crippen LogP contribution is -2.35. The Morgan fingerprint density at radius 1 is 1.05 bits per heavy atom. The van der Waals surface area contributed by atoms with E-state index in [1.165, 1.54) is 0 Å². The fourth-order valence-corrected chi connectivity index (χ4v) is 2.15. The molecular weight excluding hydrogens is 381 g/mol. The second-order valence-corrected chi connectivity index (χ2v) is 5.24. The van der Waals surface area contributed by atoms with E-state index in [0.717, 1.165) is 36.0 Å². The molecule has 0 aliphatic carbocycles. The molecule has 0 N–H and O–H groups in total. The van der Waals surface area contributed by atoms with Crippen molar-refractivity contribution in [2.75, 3.05) is 41.4 Å². The van der Waals surface area contributed by atoms with Crippen LogP contribution in [0.25, 0.3) is 0 Å². The van der Waals surface area contributed by atoms with Crippen LogP contribution in [-0.4, -0.2) is 57.2 Å². The maximum atomic E-state index is 5.70. The molecular formula is C15H24IN3O2. The summed E-state index contributed by atoms with van der Waals surface area (Å²) in [7, 11) is 7.97. The maximum Gasteiger partial charge on any atom is 0.195 e. The number of nitrogens with zero attached hydrogens (tertiary/aromatic N) is 3. The fraction of sp³-hybridized carbons (Fsp3) is 0.533. The van der Waals surface area contributed by atoms with Gasteiger partial charge in [0.25, 0.3) is 0 Å². The minimum atomic E-state index is 0. The van der Waals surface area contributed by atoms with Crippen molar-refractivity contribution in [3.8, 4) is 11.5 Å². The summed E-state index contributed by atoms with van der Waals surface area (Å²) in [4.78, 5) is 8.64. The molecule has 2 rings (SSSR count). The molecule has 5 nitrogen and oxygen atoms in total. The molecule has 118 valence electrons. The van der Waals surface area contributed by atoms with Gasteiger partial charge in [-0.05, 0) is 17.7 Å². The highest BCUT2D eigenvalue weighted by molar-refractivity contribution is 14.0. The van der Waals surface area contributed by atoms with Crippen LogP contribution in [0.2, 0.25) is 0 Å². The number of benzene rings is 1. The maximum absolute atomic E-state index is 5.70. The summed E-state index contributed by atoms with van der Waals surface area (Å²) < 4.78 is 11.3. The number of rotatable bonds is 2. The standard InChI is InChI=1S/C15H23N3O2.HI/c1-17(2)15(18(3)4)16-11-12-6-7-13-14(10-12)20-9-5-8-19-13;/h6-7,10H,5,8-9,11H2,1-4H3;1H. The SMILES string of the molecule is CN(C)C(=NCc1ccc2c(c1)OCCCO2)N(C)C.I. The van der Waals surface area contributed by atoms with E-state index in [4.69, 9.17) is 9.47 Å². The Balaban J connectivity index is 0.00000220. The number of fused-ring (bicyclic) bond motifs is 1. The molecule has 0 atom stereocenters. The van der Waals surface area contributed by atoms with Gasteiger partial charge in [0.1, 0.15) is 0 Å². The number of halogens is 1. The Bertz CT molecular complexity index is 480. The first-order chi connectivity index (χ1) is 9.58. The van der Waals surface area contributed by atoms with Crippen molar-refractivity contribution in [1.82, 2.24) is 9.80 Å². The van der Waals surface area contributed by atoms with Crippen LogP contribution in [0.3, 0.4) is 0 Å². The molecule has 0 bridgehead atoms. The Labute approximate surface area is 143 Å². The average Bonchev–Trinajstić information content (AvgIpc) is 2.62. The number of guanidine groups is 1. The predicted octanol–water partition coefficient (Wildman–Crippen LogP) is 2.45. The van der Waals surface area contributed by atoms with Gasteiger partial charge >= 0.3 is 0 Å². The van der Waals surface area contributed by atoms with Crippen molar-refractivity contribution in [1.29, 1.82) is 0 Å². The smallest absolute Gasteiger partial charge is 0.195 e. The Morgan fingerprint density at radius 2 is 1.67 bits per heavy atom. The summed E-state index contributed by atoms with van der Waals surface area (Å²) in [5.41, 5.74) is 1.12. The molecule has 1 aliphatic heterocycles. The summed E-state index contributed by atoms with van der Waals surface area (Å²) in [6, 6.07) is 6.03. The van der Waals surface area contributed by atoms with Crippen LogP contribution in [0.1, 0.15) is 12.0 Å². The molecule has 0 spiro atoms. The molecule has 21 heavy (non-hydrogen) atoms. The summed E-state index contributed by atoms with van der Waals surface area (Å²) in [5, 5.41) is 0.